The van der Waals surface area contributed by atoms with Gasteiger partial charge in [0.2, 0.25) is 5.91 Å². The number of pyridine rings is 1. The van der Waals surface area contributed by atoms with E-state index in [0.29, 0.717) is 23.4 Å². The van der Waals surface area contributed by atoms with Crippen LogP contribution in [0.15, 0.2) is 53.9 Å². The summed E-state index contributed by atoms with van der Waals surface area (Å²) >= 11 is 1.39. The van der Waals surface area contributed by atoms with E-state index < -0.39 is 0 Å². The zero-order valence-corrected chi connectivity index (χ0v) is 16.5. The van der Waals surface area contributed by atoms with Crippen molar-refractivity contribution in [1.82, 2.24) is 25.1 Å². The molecule has 0 atom stereocenters. The van der Waals surface area contributed by atoms with Gasteiger partial charge < -0.3 is 5.32 Å². The maximum atomic E-state index is 12.1. The van der Waals surface area contributed by atoms with Crippen LogP contribution in [0.2, 0.25) is 0 Å². The van der Waals surface area contributed by atoms with Gasteiger partial charge >= 0.3 is 0 Å². The second-order valence-electron chi connectivity index (χ2n) is 6.65. The van der Waals surface area contributed by atoms with Crippen LogP contribution in [0.3, 0.4) is 0 Å². The van der Waals surface area contributed by atoms with Crippen LogP contribution in [0.5, 0.6) is 0 Å². The highest BCUT2D eigenvalue weighted by Crippen LogP contribution is 2.29. The van der Waals surface area contributed by atoms with E-state index >= 15 is 0 Å². The number of hydrogen-bond acceptors (Lipinski definition) is 5. The van der Waals surface area contributed by atoms with Crippen molar-refractivity contribution >= 4 is 17.7 Å². The van der Waals surface area contributed by atoms with Gasteiger partial charge in [-0.2, -0.15) is 0 Å². The predicted molar refractivity (Wildman–Crippen MR) is 108 cm³/mol. The van der Waals surface area contributed by atoms with E-state index in [1.165, 1.54) is 11.8 Å². The van der Waals surface area contributed by atoms with Crippen molar-refractivity contribution in [2.45, 2.75) is 25.9 Å². The van der Waals surface area contributed by atoms with Gasteiger partial charge in [-0.05, 0) is 36.6 Å². The summed E-state index contributed by atoms with van der Waals surface area (Å²) in [5, 5.41) is 12.4. The second-order valence-corrected chi connectivity index (χ2v) is 7.59. The summed E-state index contributed by atoms with van der Waals surface area (Å²) in [6, 6.07) is 11.9. The minimum Gasteiger partial charge on any atom is -0.355 e. The van der Waals surface area contributed by atoms with Crippen LogP contribution in [-0.4, -0.2) is 38.0 Å². The Hall–Kier alpha value is -2.67. The van der Waals surface area contributed by atoms with Crippen LogP contribution in [0.4, 0.5) is 0 Å². The van der Waals surface area contributed by atoms with Crippen molar-refractivity contribution in [3.8, 4) is 17.1 Å². The van der Waals surface area contributed by atoms with E-state index in [1.807, 2.05) is 34.9 Å². The van der Waals surface area contributed by atoms with Gasteiger partial charge in [-0.25, -0.2) is 0 Å². The first-order chi connectivity index (χ1) is 13.1. The number of carbonyl (C=O) groups excluding carboxylic acids is 1. The van der Waals surface area contributed by atoms with Crippen LogP contribution < -0.4 is 5.32 Å². The molecule has 0 saturated heterocycles. The van der Waals surface area contributed by atoms with Gasteiger partial charge in [0.1, 0.15) is 0 Å². The monoisotopic (exact) mass is 381 g/mol. The standard InChI is InChI=1S/C20H23N5OS/c1-14(2)12-22-18(26)13-27-20-24-23-19(16-8-10-21-11-9-16)25(20)17-7-5-4-6-15(17)3/h4-11,14H,12-13H2,1-3H3,(H,22,26). The third-order valence-electron chi connectivity index (χ3n) is 3.97. The summed E-state index contributed by atoms with van der Waals surface area (Å²) in [7, 11) is 0. The largest absolute Gasteiger partial charge is 0.355 e. The Kier molecular flexibility index (Phi) is 6.24. The summed E-state index contributed by atoms with van der Waals surface area (Å²) in [4.78, 5) is 16.2. The van der Waals surface area contributed by atoms with Crippen LogP contribution >= 0.6 is 11.8 Å². The average molecular weight is 382 g/mol. The molecular weight excluding hydrogens is 358 g/mol. The predicted octanol–water partition coefficient (Wildman–Crippen LogP) is 3.50. The molecule has 6 nitrogen and oxygen atoms in total. The third kappa shape index (κ3) is 4.74. The molecule has 7 heteroatoms. The van der Waals surface area contributed by atoms with Crippen LogP contribution in [0.25, 0.3) is 17.1 Å². The molecule has 3 rings (SSSR count). The number of aryl methyl sites for hydroxylation is 1. The van der Waals surface area contributed by atoms with Crippen LogP contribution in [0, 0.1) is 12.8 Å². The summed E-state index contributed by atoms with van der Waals surface area (Å²) < 4.78 is 2.01. The van der Waals surface area contributed by atoms with Gasteiger partial charge in [-0.3, -0.25) is 14.3 Å². The number of rotatable bonds is 7. The topological polar surface area (TPSA) is 72.7 Å². The lowest BCUT2D eigenvalue weighted by Gasteiger charge is -2.13. The minimum absolute atomic E-state index is 0.00139. The summed E-state index contributed by atoms with van der Waals surface area (Å²) in [6.07, 6.45) is 3.47. The number of para-hydroxylation sites is 1. The Balaban J connectivity index is 1.92. The highest BCUT2D eigenvalue weighted by Gasteiger charge is 2.18. The molecule has 3 aromatic rings. The SMILES string of the molecule is Cc1ccccc1-n1c(SCC(=O)NCC(C)C)nnc1-c1ccncc1. The fraction of sp³-hybridized carbons (Fsp3) is 0.300. The Morgan fingerprint density at radius 2 is 1.89 bits per heavy atom. The number of amides is 1. The van der Waals surface area contributed by atoms with Gasteiger partial charge in [0.25, 0.3) is 0 Å². The molecule has 1 amide bonds. The number of nitrogens with zero attached hydrogens (tertiary/aromatic N) is 4. The van der Waals surface area contributed by atoms with Crippen molar-refractivity contribution in [1.29, 1.82) is 0 Å². The fourth-order valence-corrected chi connectivity index (χ4v) is 3.36. The van der Waals surface area contributed by atoms with E-state index in [2.05, 4.69) is 47.3 Å². The fourth-order valence-electron chi connectivity index (χ4n) is 2.58. The maximum absolute atomic E-state index is 12.1. The second kappa shape index (κ2) is 8.81. The van der Waals surface area contributed by atoms with Crippen molar-refractivity contribution < 1.29 is 4.79 Å². The highest BCUT2D eigenvalue weighted by atomic mass is 32.2. The summed E-state index contributed by atoms with van der Waals surface area (Å²) in [6.45, 7) is 6.87. The molecule has 140 valence electrons. The highest BCUT2D eigenvalue weighted by molar-refractivity contribution is 7.99. The van der Waals surface area contributed by atoms with Gasteiger partial charge in [0, 0.05) is 24.5 Å². The third-order valence-corrected chi connectivity index (χ3v) is 4.90. The molecule has 1 aromatic carbocycles. The van der Waals surface area contributed by atoms with Crippen molar-refractivity contribution in [2.75, 3.05) is 12.3 Å². The molecule has 2 aromatic heterocycles. The molecule has 1 N–H and O–H groups in total. The van der Waals surface area contributed by atoms with Crippen molar-refractivity contribution in [3.05, 3.63) is 54.4 Å². The molecule has 0 unspecified atom stereocenters. The minimum atomic E-state index is -0.00139. The van der Waals surface area contributed by atoms with E-state index in [4.69, 9.17) is 0 Å². The Morgan fingerprint density at radius 3 is 2.59 bits per heavy atom. The number of thioether (sulfide) groups is 1. The summed E-state index contributed by atoms with van der Waals surface area (Å²) in [5.41, 5.74) is 3.04. The molecule has 0 fully saturated rings. The molecule has 0 aliphatic carbocycles. The number of hydrogen-bond donors (Lipinski definition) is 1. The lowest BCUT2D eigenvalue weighted by Crippen LogP contribution is -2.28. The molecule has 0 bridgehead atoms. The first-order valence-electron chi connectivity index (χ1n) is 8.87. The first-order valence-corrected chi connectivity index (χ1v) is 9.86. The lowest BCUT2D eigenvalue weighted by atomic mass is 10.2. The molecule has 0 radical (unpaired) electrons. The number of aromatic nitrogens is 4. The van der Waals surface area contributed by atoms with E-state index in [9.17, 15) is 4.79 Å². The quantitative estimate of drug-likeness (QED) is 0.634. The molecule has 0 aliphatic heterocycles. The molecule has 2 heterocycles. The average Bonchev–Trinajstić information content (AvgIpc) is 3.09. The Morgan fingerprint density at radius 1 is 1.15 bits per heavy atom. The number of carbonyl (C=O) groups is 1. The first kappa shape index (κ1) is 19.1. The Bertz CT molecular complexity index is 908. The van der Waals surface area contributed by atoms with Gasteiger partial charge in [0.15, 0.2) is 11.0 Å². The number of benzene rings is 1. The molecular formula is C20H23N5OS. The Labute approximate surface area is 163 Å². The lowest BCUT2D eigenvalue weighted by molar-refractivity contribution is -0.118. The molecule has 27 heavy (non-hydrogen) atoms. The van der Waals surface area contributed by atoms with Crippen molar-refractivity contribution in [2.24, 2.45) is 5.92 Å². The molecule has 0 saturated carbocycles. The normalized spacial score (nSPS) is 11.0. The van der Waals surface area contributed by atoms with Gasteiger partial charge in [0.05, 0.1) is 11.4 Å². The van der Waals surface area contributed by atoms with Crippen LogP contribution in [0.1, 0.15) is 19.4 Å². The van der Waals surface area contributed by atoms with Crippen LogP contribution in [-0.2, 0) is 4.79 Å². The van der Waals surface area contributed by atoms with E-state index in [0.717, 1.165) is 22.6 Å². The van der Waals surface area contributed by atoms with E-state index in [-0.39, 0.29) is 5.91 Å². The molecule has 0 spiro atoms. The zero-order valence-electron chi connectivity index (χ0n) is 15.7. The van der Waals surface area contributed by atoms with Gasteiger partial charge in [-0.15, -0.1) is 10.2 Å². The molecule has 0 aliphatic rings. The van der Waals surface area contributed by atoms with E-state index in [1.54, 1.807) is 12.4 Å². The maximum Gasteiger partial charge on any atom is 0.230 e. The van der Waals surface area contributed by atoms with Gasteiger partial charge in [-0.1, -0.05) is 43.8 Å². The zero-order chi connectivity index (χ0) is 19.2. The van der Waals surface area contributed by atoms with Crippen molar-refractivity contribution in [3.63, 3.8) is 0 Å². The summed E-state index contributed by atoms with van der Waals surface area (Å²) in [5.74, 6) is 1.45. The number of nitrogens with one attached hydrogen (secondary N) is 1. The smallest absolute Gasteiger partial charge is 0.230 e.